The summed E-state index contributed by atoms with van der Waals surface area (Å²) in [6.07, 6.45) is 0. The number of carbonyl (C=O) groups is 1. The summed E-state index contributed by atoms with van der Waals surface area (Å²) in [5.41, 5.74) is 3.99. The Morgan fingerprint density at radius 1 is 1.06 bits per heavy atom. The van der Waals surface area contributed by atoms with Gasteiger partial charge in [0, 0.05) is 48.2 Å². The highest BCUT2D eigenvalue weighted by atomic mass is 35.5. The van der Waals surface area contributed by atoms with Crippen molar-refractivity contribution >= 4 is 35.0 Å². The molecule has 0 spiro atoms. The van der Waals surface area contributed by atoms with E-state index >= 15 is 0 Å². The standard InChI is InChI=1S/C26H30ClN3O4S/c1-17-5-7-20(27)14-22(17)29-9-11-30(12-10-29)25(31)16-35-15-21-18(2)34-26(28-21)19-6-8-23(32-3)24(13-19)33-4/h5-8,13-14H,9-12,15-16H2,1-4H3. The number of amides is 1. The van der Waals surface area contributed by atoms with Crippen molar-refractivity contribution in [3.8, 4) is 23.0 Å². The molecular formula is C26H30ClN3O4S. The van der Waals surface area contributed by atoms with Gasteiger partial charge < -0.3 is 23.7 Å². The maximum absolute atomic E-state index is 12.8. The number of anilines is 1. The number of thioether (sulfide) groups is 1. The molecular weight excluding hydrogens is 486 g/mol. The van der Waals surface area contributed by atoms with Crippen molar-refractivity contribution in [2.75, 3.05) is 51.1 Å². The number of carbonyl (C=O) groups excluding carboxylic acids is 1. The van der Waals surface area contributed by atoms with Gasteiger partial charge in [-0.2, -0.15) is 0 Å². The summed E-state index contributed by atoms with van der Waals surface area (Å²) in [5.74, 6) is 3.71. The SMILES string of the molecule is COc1ccc(-c2nc(CSCC(=O)N3CCN(c4cc(Cl)ccc4C)CC3)c(C)o2)cc1OC. The van der Waals surface area contributed by atoms with E-state index in [1.54, 1.807) is 26.0 Å². The van der Waals surface area contributed by atoms with Gasteiger partial charge in [0.2, 0.25) is 11.8 Å². The van der Waals surface area contributed by atoms with Gasteiger partial charge >= 0.3 is 0 Å². The molecule has 1 amide bonds. The van der Waals surface area contributed by atoms with E-state index in [0.717, 1.165) is 40.8 Å². The van der Waals surface area contributed by atoms with Crippen LogP contribution in [0.4, 0.5) is 5.69 Å². The van der Waals surface area contributed by atoms with Crippen molar-refractivity contribution in [2.24, 2.45) is 0 Å². The summed E-state index contributed by atoms with van der Waals surface area (Å²) in [4.78, 5) is 21.7. The molecule has 2 aromatic carbocycles. The van der Waals surface area contributed by atoms with Gasteiger partial charge in [-0.25, -0.2) is 4.98 Å². The van der Waals surface area contributed by atoms with Crippen molar-refractivity contribution in [1.29, 1.82) is 0 Å². The predicted molar refractivity (Wildman–Crippen MR) is 141 cm³/mol. The molecule has 4 rings (SSSR count). The minimum Gasteiger partial charge on any atom is -0.493 e. The highest BCUT2D eigenvalue weighted by Crippen LogP contribution is 2.33. The average molecular weight is 516 g/mol. The summed E-state index contributed by atoms with van der Waals surface area (Å²) < 4.78 is 16.6. The first kappa shape index (κ1) is 25.3. The molecule has 9 heteroatoms. The number of rotatable bonds is 8. The number of ether oxygens (including phenoxy) is 2. The molecule has 1 fully saturated rings. The van der Waals surface area contributed by atoms with E-state index < -0.39 is 0 Å². The largest absolute Gasteiger partial charge is 0.493 e. The van der Waals surface area contributed by atoms with Crippen LogP contribution in [-0.4, -0.2) is 61.9 Å². The molecule has 0 bridgehead atoms. The lowest BCUT2D eigenvalue weighted by Crippen LogP contribution is -2.49. The molecule has 1 aliphatic rings. The Morgan fingerprint density at radius 3 is 2.51 bits per heavy atom. The van der Waals surface area contributed by atoms with Crippen LogP contribution in [0.25, 0.3) is 11.5 Å². The third-order valence-electron chi connectivity index (χ3n) is 6.13. The number of nitrogens with zero attached hydrogens (tertiary/aromatic N) is 3. The minimum atomic E-state index is 0.152. The predicted octanol–water partition coefficient (Wildman–Crippen LogP) is 5.21. The monoisotopic (exact) mass is 515 g/mol. The summed E-state index contributed by atoms with van der Waals surface area (Å²) in [5, 5.41) is 0.734. The fourth-order valence-corrected chi connectivity index (χ4v) is 5.19. The first-order valence-electron chi connectivity index (χ1n) is 11.4. The number of hydrogen-bond acceptors (Lipinski definition) is 7. The van der Waals surface area contributed by atoms with E-state index in [1.807, 2.05) is 48.2 Å². The Labute approximate surface area is 215 Å². The smallest absolute Gasteiger partial charge is 0.232 e. The lowest BCUT2D eigenvalue weighted by Gasteiger charge is -2.37. The van der Waals surface area contributed by atoms with Gasteiger partial charge in [0.15, 0.2) is 11.5 Å². The van der Waals surface area contributed by atoms with E-state index in [9.17, 15) is 4.79 Å². The van der Waals surface area contributed by atoms with E-state index in [0.29, 0.717) is 42.0 Å². The van der Waals surface area contributed by atoms with Crippen LogP contribution in [0.15, 0.2) is 40.8 Å². The van der Waals surface area contributed by atoms with E-state index in [2.05, 4.69) is 16.8 Å². The van der Waals surface area contributed by atoms with Crippen LogP contribution in [-0.2, 0) is 10.5 Å². The first-order chi connectivity index (χ1) is 16.9. The van der Waals surface area contributed by atoms with Gasteiger partial charge in [0.1, 0.15) is 5.76 Å². The molecule has 1 aliphatic heterocycles. The van der Waals surface area contributed by atoms with Crippen molar-refractivity contribution < 1.29 is 18.7 Å². The maximum Gasteiger partial charge on any atom is 0.232 e. The van der Waals surface area contributed by atoms with Crippen LogP contribution in [0, 0.1) is 13.8 Å². The number of halogens is 1. The first-order valence-corrected chi connectivity index (χ1v) is 13.0. The lowest BCUT2D eigenvalue weighted by atomic mass is 10.1. The second kappa shape index (κ2) is 11.3. The van der Waals surface area contributed by atoms with E-state index in [-0.39, 0.29) is 5.91 Å². The Bertz CT molecular complexity index is 1190. The zero-order valence-electron chi connectivity index (χ0n) is 20.5. The highest BCUT2D eigenvalue weighted by molar-refractivity contribution is 7.99. The molecule has 0 saturated carbocycles. The number of oxazole rings is 1. The molecule has 0 aliphatic carbocycles. The van der Waals surface area contributed by atoms with Crippen LogP contribution in [0.1, 0.15) is 17.0 Å². The molecule has 0 radical (unpaired) electrons. The lowest BCUT2D eigenvalue weighted by molar-refractivity contribution is -0.128. The number of benzene rings is 2. The summed E-state index contributed by atoms with van der Waals surface area (Å²) in [7, 11) is 3.20. The molecule has 0 N–H and O–H groups in total. The Morgan fingerprint density at radius 2 is 1.80 bits per heavy atom. The molecule has 3 aromatic rings. The van der Waals surface area contributed by atoms with Crippen molar-refractivity contribution in [3.05, 3.63) is 58.4 Å². The molecule has 1 saturated heterocycles. The quantitative estimate of drug-likeness (QED) is 0.408. The molecule has 186 valence electrons. The fraction of sp³-hybridized carbons (Fsp3) is 0.385. The molecule has 7 nitrogen and oxygen atoms in total. The van der Waals surface area contributed by atoms with Crippen LogP contribution in [0.2, 0.25) is 5.02 Å². The summed E-state index contributed by atoms with van der Waals surface area (Å²) in [6, 6.07) is 11.5. The zero-order chi connectivity index (χ0) is 24.9. The Kier molecular flexibility index (Phi) is 8.13. The number of methoxy groups -OCH3 is 2. The second-order valence-electron chi connectivity index (χ2n) is 8.38. The number of hydrogen-bond donors (Lipinski definition) is 0. The second-order valence-corrected chi connectivity index (χ2v) is 9.81. The van der Waals surface area contributed by atoms with Gasteiger partial charge in [-0.15, -0.1) is 11.8 Å². The maximum atomic E-state index is 12.8. The molecule has 35 heavy (non-hydrogen) atoms. The summed E-state index contributed by atoms with van der Waals surface area (Å²) in [6.45, 7) is 6.99. The van der Waals surface area contributed by atoms with E-state index in [4.69, 9.17) is 25.5 Å². The molecule has 1 aromatic heterocycles. The van der Waals surface area contributed by atoms with Gasteiger partial charge in [0.05, 0.1) is 25.7 Å². The number of aryl methyl sites for hydroxylation is 2. The topological polar surface area (TPSA) is 68.0 Å². The third kappa shape index (κ3) is 5.87. The van der Waals surface area contributed by atoms with Crippen LogP contribution >= 0.6 is 23.4 Å². The molecule has 2 heterocycles. The Balaban J connectivity index is 1.29. The van der Waals surface area contributed by atoms with Gasteiger partial charge in [-0.05, 0) is 49.7 Å². The van der Waals surface area contributed by atoms with Crippen LogP contribution < -0.4 is 14.4 Å². The fourth-order valence-electron chi connectivity index (χ4n) is 4.10. The van der Waals surface area contributed by atoms with Gasteiger partial charge in [0.25, 0.3) is 0 Å². The van der Waals surface area contributed by atoms with Crippen LogP contribution in [0.3, 0.4) is 0 Å². The highest BCUT2D eigenvalue weighted by Gasteiger charge is 2.22. The molecule has 0 atom stereocenters. The minimum absolute atomic E-state index is 0.152. The van der Waals surface area contributed by atoms with Gasteiger partial charge in [-0.3, -0.25) is 4.79 Å². The average Bonchev–Trinajstić information content (AvgIpc) is 3.25. The van der Waals surface area contributed by atoms with Crippen molar-refractivity contribution in [3.63, 3.8) is 0 Å². The normalized spacial score (nSPS) is 13.7. The van der Waals surface area contributed by atoms with Crippen molar-refractivity contribution in [2.45, 2.75) is 19.6 Å². The number of piperazine rings is 1. The van der Waals surface area contributed by atoms with E-state index in [1.165, 1.54) is 5.56 Å². The van der Waals surface area contributed by atoms with Gasteiger partial charge in [-0.1, -0.05) is 17.7 Å². The third-order valence-corrected chi connectivity index (χ3v) is 7.30. The zero-order valence-corrected chi connectivity index (χ0v) is 22.0. The van der Waals surface area contributed by atoms with Crippen LogP contribution in [0.5, 0.6) is 11.5 Å². The summed E-state index contributed by atoms with van der Waals surface area (Å²) >= 11 is 7.74. The number of aromatic nitrogens is 1. The van der Waals surface area contributed by atoms with Crippen molar-refractivity contribution in [1.82, 2.24) is 9.88 Å². The molecule has 0 unspecified atom stereocenters. The Hall–Kier alpha value is -2.84.